The van der Waals surface area contributed by atoms with Crippen LogP contribution in [-0.4, -0.2) is 28.5 Å². The summed E-state index contributed by atoms with van der Waals surface area (Å²) >= 11 is 0. The second-order valence-corrected chi connectivity index (χ2v) is 11.6. The molecule has 0 aromatic heterocycles. The third-order valence-corrected chi connectivity index (χ3v) is 4.39. The van der Waals surface area contributed by atoms with E-state index in [4.69, 9.17) is 13.9 Å². The number of rotatable bonds is 6. The van der Waals surface area contributed by atoms with E-state index in [1.807, 2.05) is 39.0 Å². The number of carbonyl (C=O) groups is 1. The summed E-state index contributed by atoms with van der Waals surface area (Å²) in [6, 6.07) is 5.93. The van der Waals surface area contributed by atoms with E-state index in [-0.39, 0.29) is 12.1 Å². The Morgan fingerprint density at radius 3 is 2.18 bits per heavy atom. The van der Waals surface area contributed by atoms with Gasteiger partial charge in [-0.15, -0.1) is 0 Å². The van der Waals surface area contributed by atoms with Crippen molar-refractivity contribution in [2.24, 2.45) is 5.41 Å². The van der Waals surface area contributed by atoms with Gasteiger partial charge in [0.2, 0.25) is 0 Å². The van der Waals surface area contributed by atoms with Crippen molar-refractivity contribution in [3.05, 3.63) is 29.3 Å². The lowest BCUT2D eigenvalue weighted by molar-refractivity contribution is -0.156. The quantitative estimate of drug-likeness (QED) is 0.584. The fraction of sp³-hybridized carbons (Fsp3) is 0.588. The Labute approximate surface area is 134 Å². The van der Waals surface area contributed by atoms with Gasteiger partial charge in [-0.1, -0.05) is 6.07 Å². The molecule has 22 heavy (non-hydrogen) atoms. The van der Waals surface area contributed by atoms with Crippen molar-refractivity contribution in [2.45, 2.75) is 46.5 Å². The minimum atomic E-state index is -1.87. The maximum atomic E-state index is 12.3. The van der Waals surface area contributed by atoms with Gasteiger partial charge in [0.25, 0.3) is 0 Å². The fourth-order valence-corrected chi connectivity index (χ4v) is 3.54. The normalized spacial score (nSPS) is 13.6. The van der Waals surface area contributed by atoms with Crippen LogP contribution in [0.15, 0.2) is 18.2 Å². The molecule has 1 aromatic rings. The van der Waals surface area contributed by atoms with E-state index in [0.29, 0.717) is 0 Å². The summed E-state index contributed by atoms with van der Waals surface area (Å²) in [4.78, 5) is 12.3. The molecule has 0 spiro atoms. The predicted octanol–water partition coefficient (Wildman–Crippen LogP) is 4.10. The molecule has 0 amide bonds. The van der Waals surface area contributed by atoms with Crippen molar-refractivity contribution in [2.75, 3.05) is 14.2 Å². The number of carbonyl (C=O) groups excluding carboxylic acids is 1. The first-order chi connectivity index (χ1) is 10.0. The molecule has 0 saturated heterocycles. The smallest absolute Gasteiger partial charge is 0.314 e. The van der Waals surface area contributed by atoms with Gasteiger partial charge in [0.05, 0.1) is 25.7 Å². The highest BCUT2D eigenvalue weighted by Crippen LogP contribution is 2.41. The number of benzene rings is 1. The molecule has 0 bridgehead atoms. The first-order valence-electron chi connectivity index (χ1n) is 7.43. The number of methoxy groups -OCH3 is 2. The van der Waals surface area contributed by atoms with E-state index in [2.05, 4.69) is 19.6 Å². The molecular formula is C17H28O4Si. The van der Waals surface area contributed by atoms with Crippen molar-refractivity contribution >= 4 is 14.3 Å². The zero-order chi connectivity index (χ0) is 17.1. The Balaban J connectivity index is 3.38. The summed E-state index contributed by atoms with van der Waals surface area (Å²) in [6.45, 7) is 12.1. The van der Waals surface area contributed by atoms with Crippen molar-refractivity contribution in [1.29, 1.82) is 0 Å². The minimum absolute atomic E-state index is 0.281. The first kappa shape index (κ1) is 18.7. The van der Waals surface area contributed by atoms with Crippen LogP contribution in [0.3, 0.4) is 0 Å². The summed E-state index contributed by atoms with van der Waals surface area (Å²) in [5.41, 5.74) is 1.22. The van der Waals surface area contributed by atoms with E-state index in [9.17, 15) is 4.79 Å². The highest BCUT2D eigenvalue weighted by molar-refractivity contribution is 6.69. The summed E-state index contributed by atoms with van der Waals surface area (Å²) in [6.07, 6.45) is -0.375. The summed E-state index contributed by atoms with van der Waals surface area (Å²) < 4.78 is 16.7. The zero-order valence-electron chi connectivity index (χ0n) is 14.9. The van der Waals surface area contributed by atoms with E-state index in [0.717, 1.165) is 16.9 Å². The molecule has 0 N–H and O–H groups in total. The predicted molar refractivity (Wildman–Crippen MR) is 90.7 cm³/mol. The molecular weight excluding hydrogens is 296 g/mol. The lowest BCUT2D eigenvalue weighted by Crippen LogP contribution is -2.40. The van der Waals surface area contributed by atoms with Crippen LogP contribution >= 0.6 is 0 Å². The molecule has 0 saturated carbocycles. The maximum Gasteiger partial charge on any atom is 0.314 e. The van der Waals surface area contributed by atoms with Crippen LogP contribution < -0.4 is 4.74 Å². The summed E-state index contributed by atoms with van der Waals surface area (Å²) in [5, 5.41) is 0. The monoisotopic (exact) mass is 324 g/mol. The number of ether oxygens (including phenoxy) is 2. The van der Waals surface area contributed by atoms with Gasteiger partial charge in [-0.2, -0.15) is 0 Å². The molecule has 1 aromatic carbocycles. The molecule has 5 heteroatoms. The second kappa shape index (κ2) is 6.83. The Bertz CT molecular complexity index is 532. The fourth-order valence-electron chi connectivity index (χ4n) is 2.40. The third-order valence-electron chi connectivity index (χ3n) is 3.45. The Hall–Kier alpha value is -1.33. The van der Waals surface area contributed by atoms with Gasteiger partial charge in [0.1, 0.15) is 5.75 Å². The molecule has 0 unspecified atom stereocenters. The van der Waals surface area contributed by atoms with E-state index in [1.165, 1.54) is 7.11 Å². The van der Waals surface area contributed by atoms with Crippen LogP contribution in [0.1, 0.15) is 31.1 Å². The van der Waals surface area contributed by atoms with Gasteiger partial charge >= 0.3 is 5.97 Å². The second-order valence-electron chi connectivity index (χ2n) is 7.11. The van der Waals surface area contributed by atoms with Gasteiger partial charge in [0, 0.05) is 0 Å². The maximum absolute atomic E-state index is 12.3. The molecule has 124 valence electrons. The lowest BCUT2D eigenvalue weighted by Gasteiger charge is -2.36. The minimum Gasteiger partial charge on any atom is -0.497 e. The number of hydrogen-bond donors (Lipinski definition) is 0. The van der Waals surface area contributed by atoms with Gasteiger partial charge in [-0.3, -0.25) is 4.79 Å². The Morgan fingerprint density at radius 1 is 1.14 bits per heavy atom. The summed E-state index contributed by atoms with van der Waals surface area (Å²) in [5.74, 6) is 0.482. The topological polar surface area (TPSA) is 44.8 Å². The third kappa shape index (κ3) is 4.58. The Kier molecular flexibility index (Phi) is 5.81. The highest BCUT2D eigenvalue weighted by Gasteiger charge is 2.42. The molecule has 0 aliphatic rings. The molecule has 1 atom stereocenters. The molecule has 0 heterocycles. The molecule has 0 aliphatic carbocycles. The average Bonchev–Trinajstić information content (AvgIpc) is 2.41. The molecule has 0 fully saturated rings. The standard InChI is InChI=1S/C17H28O4Si/c1-12-9-13(11-14(10-12)19-4)15(21-22(6,7)8)17(2,3)16(18)20-5/h9-11,15H,1-8H3/t15-/m0/s1. The van der Waals surface area contributed by atoms with Crippen molar-refractivity contribution in [1.82, 2.24) is 0 Å². The molecule has 4 nitrogen and oxygen atoms in total. The average molecular weight is 324 g/mol. The lowest BCUT2D eigenvalue weighted by atomic mass is 9.82. The van der Waals surface area contributed by atoms with Gasteiger partial charge in [-0.05, 0) is 63.7 Å². The van der Waals surface area contributed by atoms with Crippen LogP contribution in [-0.2, 0) is 14.0 Å². The van der Waals surface area contributed by atoms with Gasteiger partial charge in [0.15, 0.2) is 8.32 Å². The van der Waals surface area contributed by atoms with Crippen molar-refractivity contribution in [3.63, 3.8) is 0 Å². The van der Waals surface area contributed by atoms with Crippen LogP contribution in [0, 0.1) is 12.3 Å². The number of hydrogen-bond acceptors (Lipinski definition) is 4. The molecule has 0 radical (unpaired) electrons. The molecule has 1 rings (SSSR count). The number of aryl methyl sites for hydroxylation is 1. The zero-order valence-corrected chi connectivity index (χ0v) is 15.9. The molecule has 0 aliphatic heterocycles. The van der Waals surface area contributed by atoms with E-state index >= 15 is 0 Å². The highest BCUT2D eigenvalue weighted by atomic mass is 28.4. The van der Waals surface area contributed by atoms with Crippen molar-refractivity contribution in [3.8, 4) is 5.75 Å². The van der Waals surface area contributed by atoms with Crippen LogP contribution in [0.2, 0.25) is 19.6 Å². The van der Waals surface area contributed by atoms with Crippen LogP contribution in [0.5, 0.6) is 5.75 Å². The van der Waals surface area contributed by atoms with Gasteiger partial charge in [-0.25, -0.2) is 0 Å². The summed E-state index contributed by atoms with van der Waals surface area (Å²) in [7, 11) is 1.18. The SMILES string of the molecule is COC(=O)C(C)(C)[C@@H](O[Si](C)(C)C)c1cc(C)cc(OC)c1. The first-order valence-corrected chi connectivity index (χ1v) is 10.8. The van der Waals surface area contributed by atoms with E-state index < -0.39 is 13.7 Å². The number of esters is 1. The van der Waals surface area contributed by atoms with E-state index in [1.54, 1.807) is 7.11 Å². The Morgan fingerprint density at radius 2 is 1.73 bits per heavy atom. The van der Waals surface area contributed by atoms with Crippen molar-refractivity contribution < 1.29 is 18.7 Å². The van der Waals surface area contributed by atoms with Gasteiger partial charge < -0.3 is 13.9 Å². The largest absolute Gasteiger partial charge is 0.497 e. The van der Waals surface area contributed by atoms with Crippen LogP contribution in [0.4, 0.5) is 0 Å². The van der Waals surface area contributed by atoms with Crippen LogP contribution in [0.25, 0.3) is 0 Å².